The number of aromatic nitrogens is 1. The third-order valence-corrected chi connectivity index (χ3v) is 6.26. The van der Waals surface area contributed by atoms with Crippen LogP contribution in [0.4, 0.5) is 0 Å². The second kappa shape index (κ2) is 9.45. The minimum Gasteiger partial charge on any atom is -0.421 e. The Labute approximate surface area is 192 Å². The van der Waals surface area contributed by atoms with Crippen molar-refractivity contribution in [2.45, 2.75) is 13.0 Å². The number of carbonyl (C=O) groups is 1. The minimum absolute atomic E-state index is 0.379. The van der Waals surface area contributed by atoms with Crippen LogP contribution in [0.1, 0.15) is 16.1 Å². The highest BCUT2D eigenvalue weighted by molar-refractivity contribution is 9.10. The molecule has 4 rings (SSSR count). The number of benzene rings is 3. The maximum atomic E-state index is 13.0. The summed E-state index contributed by atoms with van der Waals surface area (Å²) in [5.74, 6) is 0.124. The van der Waals surface area contributed by atoms with Gasteiger partial charge in [0.1, 0.15) is 11.4 Å². The number of nitrogens with zero attached hydrogens (tertiary/aromatic N) is 1. The minimum atomic E-state index is -0.379. The fourth-order valence-electron chi connectivity index (χ4n) is 3.28. The first kappa shape index (κ1) is 20.6. The molecule has 0 aliphatic heterocycles. The summed E-state index contributed by atoms with van der Waals surface area (Å²) in [5.41, 5.74) is 3.77. The lowest BCUT2D eigenvalue weighted by Gasteiger charge is -2.11. The van der Waals surface area contributed by atoms with Crippen LogP contribution in [0.25, 0.3) is 11.1 Å². The Bertz CT molecular complexity index is 1170. The van der Waals surface area contributed by atoms with Crippen LogP contribution in [0.3, 0.4) is 0 Å². The molecule has 0 fully saturated rings. The standard InChI is InChI=1S/C25H19Br2NO2/c26-21-11-5-4-10-19(21)14-15-28-17-20(18-8-2-1-3-9-18)16-23(28)25(29)30-24-13-7-6-12-22(24)27/h1-13,16-17H,14-15H2. The van der Waals surface area contributed by atoms with Crippen LogP contribution in [0, 0.1) is 0 Å². The van der Waals surface area contributed by atoms with Crippen molar-refractivity contribution in [3.63, 3.8) is 0 Å². The van der Waals surface area contributed by atoms with Crippen LogP contribution in [-0.4, -0.2) is 10.5 Å². The van der Waals surface area contributed by atoms with Crippen LogP contribution in [-0.2, 0) is 13.0 Å². The van der Waals surface area contributed by atoms with Crippen molar-refractivity contribution in [3.05, 3.63) is 111 Å². The Hall–Kier alpha value is -2.63. The number of halogens is 2. The zero-order valence-corrected chi connectivity index (χ0v) is 19.3. The molecule has 4 aromatic rings. The lowest BCUT2D eigenvalue weighted by atomic mass is 10.1. The summed E-state index contributed by atoms with van der Waals surface area (Å²) in [5, 5.41) is 0. The van der Waals surface area contributed by atoms with E-state index in [0.29, 0.717) is 18.0 Å². The second-order valence-electron chi connectivity index (χ2n) is 6.83. The monoisotopic (exact) mass is 523 g/mol. The molecule has 0 aliphatic rings. The van der Waals surface area contributed by atoms with Gasteiger partial charge in [0.05, 0.1) is 4.47 Å². The van der Waals surface area contributed by atoms with Crippen molar-refractivity contribution in [1.29, 1.82) is 0 Å². The van der Waals surface area contributed by atoms with E-state index in [0.717, 1.165) is 26.5 Å². The number of ether oxygens (including phenoxy) is 1. The van der Waals surface area contributed by atoms with Gasteiger partial charge in [0.15, 0.2) is 0 Å². The Morgan fingerprint density at radius 3 is 2.20 bits per heavy atom. The molecule has 0 N–H and O–H groups in total. The van der Waals surface area contributed by atoms with Crippen LogP contribution in [0.15, 0.2) is 100 Å². The van der Waals surface area contributed by atoms with Crippen molar-refractivity contribution < 1.29 is 9.53 Å². The summed E-state index contributed by atoms with van der Waals surface area (Å²) < 4.78 is 9.46. The highest BCUT2D eigenvalue weighted by Crippen LogP contribution is 2.27. The predicted molar refractivity (Wildman–Crippen MR) is 127 cm³/mol. The van der Waals surface area contributed by atoms with Crippen molar-refractivity contribution >= 4 is 37.8 Å². The highest BCUT2D eigenvalue weighted by atomic mass is 79.9. The van der Waals surface area contributed by atoms with Gasteiger partial charge in [-0.15, -0.1) is 0 Å². The van der Waals surface area contributed by atoms with E-state index in [9.17, 15) is 4.79 Å². The number of aryl methyl sites for hydroxylation is 2. The van der Waals surface area contributed by atoms with Crippen LogP contribution in [0.2, 0.25) is 0 Å². The summed E-state index contributed by atoms with van der Waals surface area (Å²) >= 11 is 7.04. The van der Waals surface area contributed by atoms with Gasteiger partial charge in [-0.05, 0) is 57.7 Å². The normalized spacial score (nSPS) is 10.7. The van der Waals surface area contributed by atoms with E-state index < -0.39 is 0 Å². The highest BCUT2D eigenvalue weighted by Gasteiger charge is 2.18. The molecular formula is C25H19Br2NO2. The number of carbonyl (C=O) groups excluding carboxylic acids is 1. The number of hydrogen-bond acceptors (Lipinski definition) is 2. The van der Waals surface area contributed by atoms with E-state index in [1.165, 1.54) is 5.56 Å². The fraction of sp³-hybridized carbons (Fsp3) is 0.0800. The zero-order chi connectivity index (χ0) is 20.9. The quantitative estimate of drug-likeness (QED) is 0.198. The molecule has 30 heavy (non-hydrogen) atoms. The average Bonchev–Trinajstić information content (AvgIpc) is 3.20. The number of esters is 1. The molecule has 3 aromatic carbocycles. The van der Waals surface area contributed by atoms with E-state index in [2.05, 4.69) is 37.9 Å². The molecule has 1 aromatic heterocycles. The third kappa shape index (κ3) is 4.74. The second-order valence-corrected chi connectivity index (χ2v) is 8.54. The van der Waals surface area contributed by atoms with Crippen molar-refractivity contribution in [2.75, 3.05) is 0 Å². The molecule has 0 bridgehead atoms. The molecule has 0 saturated heterocycles. The molecule has 0 amide bonds. The zero-order valence-electron chi connectivity index (χ0n) is 16.1. The van der Waals surface area contributed by atoms with E-state index in [4.69, 9.17) is 4.74 Å². The topological polar surface area (TPSA) is 31.2 Å². The van der Waals surface area contributed by atoms with Gasteiger partial charge < -0.3 is 9.30 Å². The lowest BCUT2D eigenvalue weighted by Crippen LogP contribution is -2.15. The predicted octanol–water partition coefficient (Wildman–Crippen LogP) is 7.14. The molecule has 0 atom stereocenters. The van der Waals surface area contributed by atoms with Gasteiger partial charge in [0.25, 0.3) is 0 Å². The average molecular weight is 525 g/mol. The summed E-state index contributed by atoms with van der Waals surface area (Å²) in [7, 11) is 0. The van der Waals surface area contributed by atoms with Gasteiger partial charge in [0, 0.05) is 22.8 Å². The lowest BCUT2D eigenvalue weighted by molar-refractivity contribution is 0.0722. The number of para-hydroxylation sites is 1. The van der Waals surface area contributed by atoms with Crippen LogP contribution in [0.5, 0.6) is 5.75 Å². The molecule has 0 saturated carbocycles. The number of hydrogen-bond donors (Lipinski definition) is 0. The first-order valence-corrected chi connectivity index (χ1v) is 11.2. The summed E-state index contributed by atoms with van der Waals surface area (Å²) in [4.78, 5) is 13.0. The molecule has 0 spiro atoms. The fourth-order valence-corrected chi connectivity index (χ4v) is 4.13. The smallest absolute Gasteiger partial charge is 0.360 e. The van der Waals surface area contributed by atoms with Crippen molar-refractivity contribution in [1.82, 2.24) is 4.57 Å². The van der Waals surface area contributed by atoms with E-state index in [1.807, 2.05) is 83.6 Å². The Kier molecular flexibility index (Phi) is 6.50. The van der Waals surface area contributed by atoms with Crippen LogP contribution >= 0.6 is 31.9 Å². The molecule has 3 nitrogen and oxygen atoms in total. The van der Waals surface area contributed by atoms with E-state index in [1.54, 1.807) is 6.07 Å². The maximum absolute atomic E-state index is 13.0. The Morgan fingerprint density at radius 1 is 0.800 bits per heavy atom. The molecule has 5 heteroatoms. The first-order valence-electron chi connectivity index (χ1n) is 9.57. The largest absolute Gasteiger partial charge is 0.421 e. The van der Waals surface area contributed by atoms with Gasteiger partial charge in [-0.1, -0.05) is 76.6 Å². The Balaban J connectivity index is 1.65. The SMILES string of the molecule is O=C(Oc1ccccc1Br)c1cc(-c2ccccc2)cn1CCc1ccccc1Br. The molecule has 0 radical (unpaired) electrons. The van der Waals surface area contributed by atoms with Crippen LogP contribution < -0.4 is 4.74 Å². The van der Waals surface area contributed by atoms with Gasteiger partial charge >= 0.3 is 5.97 Å². The van der Waals surface area contributed by atoms with E-state index >= 15 is 0 Å². The Morgan fingerprint density at radius 2 is 1.47 bits per heavy atom. The van der Waals surface area contributed by atoms with E-state index in [-0.39, 0.29) is 5.97 Å². The number of rotatable bonds is 6. The summed E-state index contributed by atoms with van der Waals surface area (Å²) in [6.07, 6.45) is 2.81. The maximum Gasteiger partial charge on any atom is 0.360 e. The first-order chi connectivity index (χ1) is 14.6. The van der Waals surface area contributed by atoms with Gasteiger partial charge in [-0.2, -0.15) is 0 Å². The summed E-state index contributed by atoms with van der Waals surface area (Å²) in [6, 6.07) is 27.4. The third-order valence-electron chi connectivity index (χ3n) is 4.83. The van der Waals surface area contributed by atoms with Gasteiger partial charge in [-0.3, -0.25) is 0 Å². The molecule has 0 aliphatic carbocycles. The van der Waals surface area contributed by atoms with Gasteiger partial charge in [-0.25, -0.2) is 4.79 Å². The molecule has 1 heterocycles. The van der Waals surface area contributed by atoms with Gasteiger partial charge in [0.2, 0.25) is 0 Å². The molecule has 0 unspecified atom stereocenters. The summed E-state index contributed by atoms with van der Waals surface area (Å²) in [6.45, 7) is 0.663. The molecule has 150 valence electrons. The van der Waals surface area contributed by atoms with Crippen molar-refractivity contribution in [3.8, 4) is 16.9 Å². The molecular weight excluding hydrogens is 506 g/mol. The van der Waals surface area contributed by atoms with Crippen molar-refractivity contribution in [2.24, 2.45) is 0 Å².